The molecular formula is C17H25IN4O. The van der Waals surface area contributed by atoms with E-state index in [1.165, 1.54) is 5.69 Å². The Morgan fingerprint density at radius 1 is 1.35 bits per heavy atom. The van der Waals surface area contributed by atoms with Gasteiger partial charge in [-0.1, -0.05) is 12.0 Å². The van der Waals surface area contributed by atoms with Crippen LogP contribution in [0.15, 0.2) is 29.3 Å². The number of benzene rings is 1. The number of aliphatic imine (C=N–C) groups is 1. The van der Waals surface area contributed by atoms with Gasteiger partial charge in [-0.15, -0.1) is 30.4 Å². The number of terminal acetylenes is 1. The number of halogens is 1. The predicted molar refractivity (Wildman–Crippen MR) is 107 cm³/mol. The second-order valence-corrected chi connectivity index (χ2v) is 5.05. The second-order valence-electron chi connectivity index (χ2n) is 5.05. The van der Waals surface area contributed by atoms with Crippen molar-refractivity contribution in [3.63, 3.8) is 0 Å². The molecule has 2 rings (SSSR count). The Bertz CT molecular complexity index is 548. The zero-order chi connectivity index (χ0) is 15.8. The highest BCUT2D eigenvalue weighted by atomic mass is 127. The van der Waals surface area contributed by atoms with E-state index in [1.54, 1.807) is 7.11 Å². The summed E-state index contributed by atoms with van der Waals surface area (Å²) in [6.07, 6.45) is 5.30. The molecule has 0 aliphatic carbocycles. The average molecular weight is 428 g/mol. The number of guanidine groups is 1. The summed E-state index contributed by atoms with van der Waals surface area (Å²) in [5.74, 6) is 4.37. The van der Waals surface area contributed by atoms with Crippen LogP contribution < -0.4 is 15.0 Å². The van der Waals surface area contributed by atoms with Gasteiger partial charge in [0, 0.05) is 44.5 Å². The Labute approximate surface area is 156 Å². The van der Waals surface area contributed by atoms with Gasteiger partial charge in [0.1, 0.15) is 12.3 Å². The molecule has 0 radical (unpaired) electrons. The van der Waals surface area contributed by atoms with Gasteiger partial charge in [0.15, 0.2) is 5.96 Å². The van der Waals surface area contributed by atoms with E-state index < -0.39 is 0 Å². The minimum Gasteiger partial charge on any atom is -0.497 e. The number of nitrogens with zero attached hydrogens (tertiary/aromatic N) is 3. The Hall–Kier alpha value is -1.62. The first-order valence-electron chi connectivity index (χ1n) is 7.64. The molecule has 1 heterocycles. The molecule has 0 aromatic heterocycles. The van der Waals surface area contributed by atoms with E-state index in [2.05, 4.69) is 45.1 Å². The molecule has 126 valence electrons. The minimum atomic E-state index is 0. The van der Waals surface area contributed by atoms with Gasteiger partial charge in [0.25, 0.3) is 0 Å². The summed E-state index contributed by atoms with van der Waals surface area (Å²) in [7, 11) is 1.70. The zero-order valence-corrected chi connectivity index (χ0v) is 16.1. The Kier molecular flexibility index (Phi) is 8.62. The average Bonchev–Trinajstić information content (AvgIpc) is 2.59. The van der Waals surface area contributed by atoms with Crippen molar-refractivity contribution in [3.05, 3.63) is 24.3 Å². The van der Waals surface area contributed by atoms with Crippen LogP contribution in [0.1, 0.15) is 6.92 Å². The molecule has 1 aromatic carbocycles. The van der Waals surface area contributed by atoms with Crippen molar-refractivity contribution in [2.24, 2.45) is 4.99 Å². The highest BCUT2D eigenvalue weighted by molar-refractivity contribution is 14.0. The molecule has 1 N–H and O–H groups in total. The van der Waals surface area contributed by atoms with Crippen LogP contribution in [0.25, 0.3) is 0 Å². The van der Waals surface area contributed by atoms with Crippen LogP contribution in [0.4, 0.5) is 5.69 Å². The van der Waals surface area contributed by atoms with Crippen molar-refractivity contribution in [3.8, 4) is 18.1 Å². The maximum Gasteiger partial charge on any atom is 0.195 e. The molecule has 23 heavy (non-hydrogen) atoms. The molecule has 0 saturated carbocycles. The molecule has 1 aliphatic rings. The van der Waals surface area contributed by atoms with Crippen LogP contribution in [0.5, 0.6) is 5.75 Å². The van der Waals surface area contributed by atoms with E-state index in [-0.39, 0.29) is 24.0 Å². The first-order chi connectivity index (χ1) is 10.8. The highest BCUT2D eigenvalue weighted by Crippen LogP contribution is 2.22. The molecular weight excluding hydrogens is 403 g/mol. The third-order valence-corrected chi connectivity index (χ3v) is 3.65. The zero-order valence-electron chi connectivity index (χ0n) is 13.8. The number of hydrogen-bond acceptors (Lipinski definition) is 3. The van der Waals surface area contributed by atoms with E-state index in [9.17, 15) is 0 Å². The molecule has 1 fully saturated rings. The summed E-state index contributed by atoms with van der Waals surface area (Å²) in [5.41, 5.74) is 1.20. The lowest BCUT2D eigenvalue weighted by molar-refractivity contribution is 0.372. The van der Waals surface area contributed by atoms with E-state index in [0.717, 1.165) is 44.4 Å². The largest absolute Gasteiger partial charge is 0.497 e. The van der Waals surface area contributed by atoms with Gasteiger partial charge in [-0.25, -0.2) is 4.99 Å². The lowest BCUT2D eigenvalue weighted by Crippen LogP contribution is -2.52. The van der Waals surface area contributed by atoms with Gasteiger partial charge >= 0.3 is 0 Å². The Balaban J connectivity index is 0.00000264. The third-order valence-electron chi connectivity index (χ3n) is 3.65. The van der Waals surface area contributed by atoms with Crippen molar-refractivity contribution >= 4 is 35.6 Å². The number of nitrogens with one attached hydrogen (secondary N) is 1. The quantitative estimate of drug-likeness (QED) is 0.345. The number of ether oxygens (including phenoxy) is 1. The smallest absolute Gasteiger partial charge is 0.195 e. The summed E-state index contributed by atoms with van der Waals surface area (Å²) in [6, 6.07) is 8.19. The van der Waals surface area contributed by atoms with Crippen molar-refractivity contribution in [1.29, 1.82) is 0 Å². The van der Waals surface area contributed by atoms with Gasteiger partial charge in [0.05, 0.1) is 7.11 Å². The van der Waals surface area contributed by atoms with Crippen LogP contribution in [0, 0.1) is 12.3 Å². The lowest BCUT2D eigenvalue weighted by Gasteiger charge is -2.37. The molecule has 1 saturated heterocycles. The molecule has 0 unspecified atom stereocenters. The van der Waals surface area contributed by atoms with Gasteiger partial charge in [-0.3, -0.25) is 0 Å². The van der Waals surface area contributed by atoms with E-state index >= 15 is 0 Å². The first-order valence-corrected chi connectivity index (χ1v) is 7.64. The SMILES string of the molecule is C#CCN=C(NCC)N1CCN(c2cccc(OC)c2)CC1.I. The van der Waals surface area contributed by atoms with Gasteiger partial charge in [-0.2, -0.15) is 0 Å². The van der Waals surface area contributed by atoms with Crippen molar-refractivity contribution in [2.75, 3.05) is 51.3 Å². The predicted octanol–water partition coefficient (Wildman–Crippen LogP) is 2.03. The van der Waals surface area contributed by atoms with Crippen LogP contribution in [-0.4, -0.2) is 57.2 Å². The second kappa shape index (κ2) is 10.2. The Morgan fingerprint density at radius 3 is 2.70 bits per heavy atom. The fourth-order valence-electron chi connectivity index (χ4n) is 2.53. The maximum atomic E-state index is 5.30. The fraction of sp³-hybridized carbons (Fsp3) is 0.471. The summed E-state index contributed by atoms with van der Waals surface area (Å²) in [5, 5.41) is 3.30. The molecule has 0 amide bonds. The van der Waals surface area contributed by atoms with Gasteiger partial charge < -0.3 is 19.9 Å². The molecule has 1 aliphatic heterocycles. The highest BCUT2D eigenvalue weighted by Gasteiger charge is 2.19. The summed E-state index contributed by atoms with van der Waals surface area (Å²) in [4.78, 5) is 9.06. The molecule has 0 atom stereocenters. The maximum absolute atomic E-state index is 5.30. The van der Waals surface area contributed by atoms with Crippen LogP contribution in [-0.2, 0) is 0 Å². The topological polar surface area (TPSA) is 40.1 Å². The van der Waals surface area contributed by atoms with Gasteiger partial charge in [0.2, 0.25) is 0 Å². The van der Waals surface area contributed by atoms with E-state index in [1.807, 2.05) is 12.1 Å². The molecule has 5 nitrogen and oxygen atoms in total. The van der Waals surface area contributed by atoms with Gasteiger partial charge in [-0.05, 0) is 19.1 Å². The van der Waals surface area contributed by atoms with E-state index in [4.69, 9.17) is 11.2 Å². The standard InChI is InChI=1S/C17H24N4O.HI/c1-4-9-19-17(18-5-2)21-12-10-20(11-13-21)15-7-6-8-16(14-15)22-3;/h1,6-8,14H,5,9-13H2,2-3H3,(H,18,19);1H. The molecule has 1 aromatic rings. The van der Waals surface area contributed by atoms with Crippen LogP contribution in [0.2, 0.25) is 0 Å². The molecule has 0 spiro atoms. The lowest BCUT2D eigenvalue weighted by atomic mass is 10.2. The summed E-state index contributed by atoms with van der Waals surface area (Å²) in [6.45, 7) is 7.08. The molecule has 0 bridgehead atoms. The number of methoxy groups -OCH3 is 1. The van der Waals surface area contributed by atoms with Crippen LogP contribution in [0.3, 0.4) is 0 Å². The normalized spacial score (nSPS) is 14.7. The van der Waals surface area contributed by atoms with Crippen LogP contribution >= 0.6 is 24.0 Å². The van der Waals surface area contributed by atoms with Crippen molar-refractivity contribution in [2.45, 2.75) is 6.92 Å². The Morgan fingerprint density at radius 2 is 2.09 bits per heavy atom. The number of rotatable bonds is 4. The fourth-order valence-corrected chi connectivity index (χ4v) is 2.53. The minimum absolute atomic E-state index is 0. The summed E-state index contributed by atoms with van der Waals surface area (Å²) < 4.78 is 5.30. The van der Waals surface area contributed by atoms with Crippen molar-refractivity contribution < 1.29 is 4.74 Å². The van der Waals surface area contributed by atoms with E-state index in [0.29, 0.717) is 6.54 Å². The third kappa shape index (κ3) is 5.50. The monoisotopic (exact) mass is 428 g/mol. The first kappa shape index (κ1) is 19.4. The number of anilines is 1. The molecule has 6 heteroatoms. The summed E-state index contributed by atoms with van der Waals surface area (Å²) >= 11 is 0. The van der Waals surface area contributed by atoms with Crippen molar-refractivity contribution in [1.82, 2.24) is 10.2 Å². The number of piperazine rings is 1. The number of hydrogen-bond donors (Lipinski definition) is 1.